The van der Waals surface area contributed by atoms with E-state index in [9.17, 15) is 4.39 Å². The number of halogens is 2. The lowest BCUT2D eigenvalue weighted by Gasteiger charge is -1.99. The van der Waals surface area contributed by atoms with Crippen LogP contribution in [0.2, 0.25) is 0 Å². The zero-order valence-electron chi connectivity index (χ0n) is 6.35. The third-order valence-corrected chi connectivity index (χ3v) is 2.19. The van der Waals surface area contributed by atoms with Crippen molar-refractivity contribution in [3.63, 3.8) is 0 Å². The van der Waals surface area contributed by atoms with Crippen molar-refractivity contribution in [2.75, 3.05) is 0 Å². The van der Waals surface area contributed by atoms with Crippen molar-refractivity contribution >= 4 is 22.6 Å². The summed E-state index contributed by atoms with van der Waals surface area (Å²) in [5, 5.41) is 8.30. The Kier molecular flexibility index (Phi) is 3.48. The van der Waals surface area contributed by atoms with Gasteiger partial charge in [0.2, 0.25) is 0 Å². The summed E-state index contributed by atoms with van der Waals surface area (Å²) in [6.45, 7) is 0. The van der Waals surface area contributed by atoms with Gasteiger partial charge in [-0.05, 0) is 46.7 Å². The molecule has 1 nitrogen and oxygen atoms in total. The van der Waals surface area contributed by atoms with E-state index in [0.29, 0.717) is 18.4 Å². The molecule has 0 fully saturated rings. The Bertz CT molecular complexity index is 317. The highest BCUT2D eigenvalue weighted by atomic mass is 127. The predicted molar refractivity (Wildman–Crippen MR) is 53.1 cm³/mol. The number of hydrogen-bond donors (Lipinski definition) is 0. The van der Waals surface area contributed by atoms with Gasteiger partial charge >= 0.3 is 0 Å². The fourth-order valence-corrected chi connectivity index (χ4v) is 1.37. The maximum Gasteiger partial charge on any atom is 0.127 e. The third-order valence-electron chi connectivity index (χ3n) is 1.52. The van der Waals surface area contributed by atoms with E-state index in [1.807, 2.05) is 12.1 Å². The molecule has 1 aromatic rings. The largest absolute Gasteiger partial charge is 0.207 e. The van der Waals surface area contributed by atoms with E-state index in [0.717, 1.165) is 3.57 Å². The summed E-state index contributed by atoms with van der Waals surface area (Å²) in [4.78, 5) is 0. The van der Waals surface area contributed by atoms with Crippen molar-refractivity contribution in [1.82, 2.24) is 0 Å². The van der Waals surface area contributed by atoms with Crippen molar-refractivity contribution in [3.05, 3.63) is 33.1 Å². The quantitative estimate of drug-likeness (QED) is 0.761. The van der Waals surface area contributed by atoms with E-state index in [1.54, 1.807) is 6.07 Å². The van der Waals surface area contributed by atoms with Crippen LogP contribution in [0.25, 0.3) is 0 Å². The first kappa shape index (κ1) is 9.46. The average Bonchev–Trinajstić information content (AvgIpc) is 2.03. The van der Waals surface area contributed by atoms with Crippen LogP contribution in [-0.4, -0.2) is 0 Å². The molecule has 0 amide bonds. The Balaban J connectivity index is 2.81. The minimum atomic E-state index is -0.211. The third kappa shape index (κ3) is 2.45. The SMILES string of the molecule is N#CCCc1ccc(I)cc1F. The second kappa shape index (κ2) is 4.41. The van der Waals surface area contributed by atoms with Gasteiger partial charge < -0.3 is 0 Å². The van der Waals surface area contributed by atoms with Crippen molar-refractivity contribution < 1.29 is 4.39 Å². The molecule has 0 heterocycles. The molecule has 0 N–H and O–H groups in total. The highest BCUT2D eigenvalue weighted by Gasteiger charge is 2.01. The van der Waals surface area contributed by atoms with Gasteiger partial charge in [-0.3, -0.25) is 0 Å². The number of nitrogens with zero attached hydrogens (tertiary/aromatic N) is 1. The van der Waals surface area contributed by atoms with Gasteiger partial charge in [-0.25, -0.2) is 4.39 Å². The number of benzene rings is 1. The molecule has 1 aromatic carbocycles. The second-order valence-electron chi connectivity index (χ2n) is 2.39. The highest BCUT2D eigenvalue weighted by Crippen LogP contribution is 2.13. The zero-order valence-corrected chi connectivity index (χ0v) is 8.51. The lowest BCUT2D eigenvalue weighted by molar-refractivity contribution is 0.609. The molecule has 12 heavy (non-hydrogen) atoms. The summed E-state index contributed by atoms with van der Waals surface area (Å²) < 4.78 is 13.9. The van der Waals surface area contributed by atoms with E-state index in [-0.39, 0.29) is 5.82 Å². The first-order chi connectivity index (χ1) is 5.74. The summed E-state index contributed by atoms with van der Waals surface area (Å²) in [7, 11) is 0. The molecule has 0 aliphatic carbocycles. The van der Waals surface area contributed by atoms with Crippen molar-refractivity contribution in [2.45, 2.75) is 12.8 Å². The Morgan fingerprint density at radius 2 is 2.25 bits per heavy atom. The smallest absolute Gasteiger partial charge is 0.127 e. The van der Waals surface area contributed by atoms with Crippen LogP contribution < -0.4 is 0 Å². The Morgan fingerprint density at radius 3 is 2.83 bits per heavy atom. The van der Waals surface area contributed by atoms with E-state index >= 15 is 0 Å². The van der Waals surface area contributed by atoms with Crippen LogP contribution in [0.5, 0.6) is 0 Å². The monoisotopic (exact) mass is 275 g/mol. The second-order valence-corrected chi connectivity index (χ2v) is 3.64. The van der Waals surface area contributed by atoms with Gasteiger partial charge in [0.1, 0.15) is 5.82 Å². The van der Waals surface area contributed by atoms with Crippen LogP contribution in [0.15, 0.2) is 18.2 Å². The van der Waals surface area contributed by atoms with Crippen LogP contribution in [0, 0.1) is 20.7 Å². The molecule has 62 valence electrons. The predicted octanol–water partition coefficient (Wildman–Crippen LogP) is 2.89. The van der Waals surface area contributed by atoms with Gasteiger partial charge in [-0.1, -0.05) is 6.07 Å². The van der Waals surface area contributed by atoms with Crippen molar-refractivity contribution in [1.29, 1.82) is 5.26 Å². The maximum atomic E-state index is 13.1. The van der Waals surface area contributed by atoms with Gasteiger partial charge in [0.15, 0.2) is 0 Å². The molecule has 0 radical (unpaired) electrons. The standard InChI is InChI=1S/C9H7FIN/c10-9-6-8(11)4-3-7(9)2-1-5-12/h3-4,6H,1-2H2. The summed E-state index contributed by atoms with van der Waals surface area (Å²) in [5.74, 6) is -0.211. The molecule has 0 bridgehead atoms. The summed E-state index contributed by atoms with van der Waals surface area (Å²) in [6.07, 6.45) is 0.872. The minimum Gasteiger partial charge on any atom is -0.207 e. The van der Waals surface area contributed by atoms with Crippen molar-refractivity contribution in [3.8, 4) is 6.07 Å². The van der Waals surface area contributed by atoms with Gasteiger partial charge in [-0.2, -0.15) is 5.26 Å². The minimum absolute atomic E-state index is 0.211. The van der Waals surface area contributed by atoms with Crippen molar-refractivity contribution in [2.24, 2.45) is 0 Å². The van der Waals surface area contributed by atoms with Gasteiger partial charge in [0.25, 0.3) is 0 Å². The summed E-state index contributed by atoms with van der Waals surface area (Å²) in [6, 6.07) is 7.04. The molecule has 0 aliphatic rings. The lowest BCUT2D eigenvalue weighted by Crippen LogP contribution is -1.90. The molecule has 0 saturated carbocycles. The van der Waals surface area contributed by atoms with Crippen LogP contribution >= 0.6 is 22.6 Å². The molecule has 3 heteroatoms. The van der Waals surface area contributed by atoms with Gasteiger partial charge in [0.05, 0.1) is 6.07 Å². The first-order valence-electron chi connectivity index (χ1n) is 3.55. The fourth-order valence-electron chi connectivity index (χ4n) is 0.915. The number of aryl methyl sites for hydroxylation is 1. The van der Waals surface area contributed by atoms with Crippen LogP contribution in [-0.2, 0) is 6.42 Å². The number of rotatable bonds is 2. The molecule has 0 aliphatic heterocycles. The van der Waals surface area contributed by atoms with Gasteiger partial charge in [-0.15, -0.1) is 0 Å². The van der Waals surface area contributed by atoms with E-state index in [2.05, 4.69) is 22.6 Å². The Labute approximate surface area is 84.3 Å². The fraction of sp³-hybridized carbons (Fsp3) is 0.222. The molecule has 0 atom stereocenters. The first-order valence-corrected chi connectivity index (χ1v) is 4.63. The zero-order chi connectivity index (χ0) is 8.97. The summed E-state index contributed by atoms with van der Waals surface area (Å²) in [5.41, 5.74) is 0.622. The molecular formula is C9H7FIN. The van der Waals surface area contributed by atoms with E-state index in [4.69, 9.17) is 5.26 Å². The maximum absolute atomic E-state index is 13.1. The Morgan fingerprint density at radius 1 is 1.50 bits per heavy atom. The normalized spacial score (nSPS) is 9.42. The summed E-state index contributed by atoms with van der Waals surface area (Å²) >= 11 is 2.05. The highest BCUT2D eigenvalue weighted by molar-refractivity contribution is 14.1. The topological polar surface area (TPSA) is 23.8 Å². The van der Waals surface area contributed by atoms with Gasteiger partial charge in [0, 0.05) is 9.99 Å². The molecule has 0 unspecified atom stereocenters. The van der Waals surface area contributed by atoms with E-state index in [1.165, 1.54) is 6.07 Å². The van der Waals surface area contributed by atoms with Crippen LogP contribution in [0.4, 0.5) is 4.39 Å². The molecule has 0 aromatic heterocycles. The molecule has 0 saturated heterocycles. The van der Waals surface area contributed by atoms with Crippen LogP contribution in [0.1, 0.15) is 12.0 Å². The molecule has 1 rings (SSSR count). The molecular weight excluding hydrogens is 268 g/mol. The molecule has 0 spiro atoms. The lowest BCUT2D eigenvalue weighted by atomic mass is 10.1. The average molecular weight is 275 g/mol. The van der Waals surface area contributed by atoms with E-state index < -0.39 is 0 Å². The van der Waals surface area contributed by atoms with Crippen LogP contribution in [0.3, 0.4) is 0 Å². The number of nitriles is 1. The number of hydrogen-bond acceptors (Lipinski definition) is 1. The Hall–Kier alpha value is -0.630.